The predicted molar refractivity (Wildman–Crippen MR) is 73.2 cm³/mol. The van der Waals surface area contributed by atoms with Gasteiger partial charge >= 0.3 is 0 Å². The van der Waals surface area contributed by atoms with Crippen LogP contribution < -0.4 is 10.9 Å². The van der Waals surface area contributed by atoms with Gasteiger partial charge in [0, 0.05) is 12.5 Å². The Labute approximate surface area is 111 Å². The maximum atomic E-state index is 11.7. The Morgan fingerprint density at radius 1 is 0.789 bits per heavy atom. The van der Waals surface area contributed by atoms with Crippen molar-refractivity contribution in [1.29, 1.82) is 0 Å². The Morgan fingerprint density at radius 3 is 1.95 bits per heavy atom. The summed E-state index contributed by atoms with van der Waals surface area (Å²) in [5.74, 6) is -0.649. The first kappa shape index (κ1) is 12.8. The highest BCUT2D eigenvalue weighted by Gasteiger charge is 2.05. The third kappa shape index (κ3) is 3.42. The molecule has 0 saturated heterocycles. The minimum absolute atomic E-state index is 0.311. The summed E-state index contributed by atoms with van der Waals surface area (Å²) in [6.07, 6.45) is 0. The normalized spacial score (nSPS) is 9.74. The molecule has 2 amide bonds. The summed E-state index contributed by atoms with van der Waals surface area (Å²) >= 11 is 0. The van der Waals surface area contributed by atoms with Gasteiger partial charge in [-0.05, 0) is 23.3 Å². The summed E-state index contributed by atoms with van der Waals surface area (Å²) in [5.41, 5.74) is 7.20. The van der Waals surface area contributed by atoms with E-state index in [1.165, 1.54) is 6.92 Å². The van der Waals surface area contributed by atoms with Crippen LogP contribution in [0.3, 0.4) is 0 Å². The number of nitrogens with one attached hydrogen (secondary N) is 2. The van der Waals surface area contributed by atoms with Crippen molar-refractivity contribution in [3.05, 3.63) is 60.2 Å². The zero-order valence-electron chi connectivity index (χ0n) is 10.5. The molecule has 0 radical (unpaired) electrons. The molecule has 2 aromatic carbocycles. The van der Waals surface area contributed by atoms with Gasteiger partial charge in [0.05, 0.1) is 0 Å². The fourth-order valence-electron chi connectivity index (χ4n) is 1.66. The molecular weight excluding hydrogens is 240 g/mol. The summed E-state index contributed by atoms with van der Waals surface area (Å²) in [6, 6.07) is 17.1. The maximum absolute atomic E-state index is 11.7. The number of carbonyl (C=O) groups excluding carboxylic acids is 2. The minimum atomic E-state index is -0.338. The van der Waals surface area contributed by atoms with Gasteiger partial charge in [-0.15, -0.1) is 0 Å². The van der Waals surface area contributed by atoms with E-state index >= 15 is 0 Å². The quantitative estimate of drug-likeness (QED) is 0.807. The lowest BCUT2D eigenvalue weighted by atomic mass is 10.0. The highest BCUT2D eigenvalue weighted by molar-refractivity contribution is 5.95. The second kappa shape index (κ2) is 5.82. The number of carbonyl (C=O) groups is 2. The van der Waals surface area contributed by atoms with Crippen molar-refractivity contribution in [2.45, 2.75) is 6.92 Å². The molecule has 19 heavy (non-hydrogen) atoms. The molecule has 2 rings (SSSR count). The smallest absolute Gasteiger partial charge is 0.269 e. The first-order valence-corrected chi connectivity index (χ1v) is 5.89. The van der Waals surface area contributed by atoms with E-state index in [0.29, 0.717) is 5.56 Å². The SMILES string of the molecule is CC(=O)NNC(=O)c1ccc(-c2ccccc2)cc1. The average Bonchev–Trinajstić information content (AvgIpc) is 2.46. The number of hydrogen-bond donors (Lipinski definition) is 2. The van der Waals surface area contributed by atoms with Gasteiger partial charge in [0.25, 0.3) is 5.91 Å². The van der Waals surface area contributed by atoms with Gasteiger partial charge in [0.1, 0.15) is 0 Å². The summed E-state index contributed by atoms with van der Waals surface area (Å²) in [4.78, 5) is 22.4. The molecule has 0 bridgehead atoms. The molecule has 96 valence electrons. The summed E-state index contributed by atoms with van der Waals surface area (Å²) in [6.45, 7) is 1.33. The standard InChI is InChI=1S/C15H14N2O2/c1-11(18)16-17-15(19)14-9-7-13(8-10-14)12-5-3-2-4-6-12/h2-10H,1H3,(H,16,18)(H,17,19). The van der Waals surface area contributed by atoms with Gasteiger partial charge in [-0.2, -0.15) is 0 Å². The monoisotopic (exact) mass is 254 g/mol. The zero-order valence-corrected chi connectivity index (χ0v) is 10.5. The van der Waals surface area contributed by atoms with Crippen molar-refractivity contribution in [3.63, 3.8) is 0 Å². The third-order valence-corrected chi connectivity index (χ3v) is 2.61. The molecule has 4 nitrogen and oxygen atoms in total. The van der Waals surface area contributed by atoms with Gasteiger partial charge in [0.2, 0.25) is 5.91 Å². The van der Waals surface area contributed by atoms with Gasteiger partial charge < -0.3 is 0 Å². The molecule has 2 aromatic rings. The van der Waals surface area contributed by atoms with Crippen molar-refractivity contribution >= 4 is 11.8 Å². The topological polar surface area (TPSA) is 58.2 Å². The highest BCUT2D eigenvalue weighted by Crippen LogP contribution is 2.18. The molecule has 4 heteroatoms. The van der Waals surface area contributed by atoms with Gasteiger partial charge in [-0.3, -0.25) is 20.4 Å². The number of benzene rings is 2. The molecule has 0 aliphatic carbocycles. The van der Waals surface area contributed by atoms with Crippen molar-refractivity contribution in [1.82, 2.24) is 10.9 Å². The molecule has 0 spiro atoms. The molecule has 0 fully saturated rings. The Kier molecular flexibility index (Phi) is 3.93. The molecule has 0 unspecified atom stereocenters. The minimum Gasteiger partial charge on any atom is -0.274 e. The van der Waals surface area contributed by atoms with Crippen LogP contribution in [0.15, 0.2) is 54.6 Å². The Bertz CT molecular complexity index is 577. The van der Waals surface area contributed by atoms with Crippen LogP contribution in [0.25, 0.3) is 11.1 Å². The number of rotatable bonds is 2. The Balaban J connectivity index is 2.10. The fraction of sp³-hybridized carbons (Fsp3) is 0.0667. The molecule has 0 aliphatic rings. The fourth-order valence-corrected chi connectivity index (χ4v) is 1.66. The maximum Gasteiger partial charge on any atom is 0.269 e. The highest BCUT2D eigenvalue weighted by atomic mass is 16.2. The lowest BCUT2D eigenvalue weighted by molar-refractivity contribution is -0.119. The van der Waals surface area contributed by atoms with E-state index in [0.717, 1.165) is 11.1 Å². The summed E-state index contributed by atoms with van der Waals surface area (Å²) in [5, 5.41) is 0. The lowest BCUT2D eigenvalue weighted by Crippen LogP contribution is -2.40. The van der Waals surface area contributed by atoms with E-state index in [2.05, 4.69) is 10.9 Å². The van der Waals surface area contributed by atoms with Gasteiger partial charge in [0.15, 0.2) is 0 Å². The lowest BCUT2D eigenvalue weighted by Gasteiger charge is -2.06. The van der Waals surface area contributed by atoms with E-state index < -0.39 is 0 Å². The van der Waals surface area contributed by atoms with Crippen molar-refractivity contribution in [3.8, 4) is 11.1 Å². The summed E-state index contributed by atoms with van der Waals surface area (Å²) < 4.78 is 0. The van der Waals surface area contributed by atoms with Crippen molar-refractivity contribution in [2.24, 2.45) is 0 Å². The molecule has 0 aliphatic heterocycles. The Hall–Kier alpha value is -2.62. The largest absolute Gasteiger partial charge is 0.274 e. The van der Waals surface area contributed by atoms with Crippen LogP contribution in [0.2, 0.25) is 0 Å². The second-order valence-corrected chi connectivity index (χ2v) is 4.08. The first-order valence-electron chi connectivity index (χ1n) is 5.89. The van der Waals surface area contributed by atoms with Crippen molar-refractivity contribution < 1.29 is 9.59 Å². The molecule has 2 N–H and O–H groups in total. The van der Waals surface area contributed by atoms with Crippen LogP contribution in [-0.2, 0) is 4.79 Å². The first-order chi connectivity index (χ1) is 9.16. The van der Waals surface area contributed by atoms with Crippen LogP contribution in [0, 0.1) is 0 Å². The number of amides is 2. The van der Waals surface area contributed by atoms with E-state index in [4.69, 9.17) is 0 Å². The molecule has 0 atom stereocenters. The van der Waals surface area contributed by atoms with Gasteiger partial charge in [-0.1, -0.05) is 42.5 Å². The van der Waals surface area contributed by atoms with E-state index in [1.807, 2.05) is 42.5 Å². The van der Waals surface area contributed by atoms with Crippen LogP contribution in [0.5, 0.6) is 0 Å². The van der Waals surface area contributed by atoms with E-state index in [-0.39, 0.29) is 11.8 Å². The van der Waals surface area contributed by atoms with Crippen LogP contribution in [0.4, 0.5) is 0 Å². The molecular formula is C15H14N2O2. The third-order valence-electron chi connectivity index (χ3n) is 2.61. The number of hydrazine groups is 1. The predicted octanol–water partition coefficient (Wildman–Crippen LogP) is 2.13. The average molecular weight is 254 g/mol. The van der Waals surface area contributed by atoms with E-state index in [9.17, 15) is 9.59 Å². The van der Waals surface area contributed by atoms with Crippen LogP contribution in [0.1, 0.15) is 17.3 Å². The van der Waals surface area contributed by atoms with Crippen LogP contribution in [-0.4, -0.2) is 11.8 Å². The molecule has 0 aromatic heterocycles. The molecule has 0 heterocycles. The Morgan fingerprint density at radius 2 is 1.37 bits per heavy atom. The second-order valence-electron chi connectivity index (χ2n) is 4.08. The molecule has 0 saturated carbocycles. The van der Waals surface area contributed by atoms with Crippen LogP contribution >= 0.6 is 0 Å². The zero-order chi connectivity index (χ0) is 13.7. The summed E-state index contributed by atoms with van der Waals surface area (Å²) in [7, 11) is 0. The van der Waals surface area contributed by atoms with Crippen molar-refractivity contribution in [2.75, 3.05) is 0 Å². The van der Waals surface area contributed by atoms with Gasteiger partial charge in [-0.25, -0.2) is 0 Å². The number of hydrogen-bond acceptors (Lipinski definition) is 2. The van der Waals surface area contributed by atoms with E-state index in [1.54, 1.807) is 12.1 Å².